The molecule has 10 heteroatoms. The van der Waals surface area contributed by atoms with Gasteiger partial charge in [-0.1, -0.05) is 12.8 Å². The fourth-order valence-electron chi connectivity index (χ4n) is 3.04. The minimum atomic E-state index is -3.42. The number of unbranched alkanes of at least 4 members (excludes halogenated alkanes) is 3. The van der Waals surface area contributed by atoms with Crippen molar-refractivity contribution in [3.8, 4) is 0 Å². The first-order valence-corrected chi connectivity index (χ1v) is 10.3. The Bertz CT molecular complexity index is 492. The van der Waals surface area contributed by atoms with E-state index in [4.69, 9.17) is 10.5 Å². The molecule has 0 unspecified atom stereocenters. The molecule has 0 aromatic carbocycles. The summed E-state index contributed by atoms with van der Waals surface area (Å²) in [6.45, 7) is 4.11. The summed E-state index contributed by atoms with van der Waals surface area (Å²) in [5.41, 5.74) is 5.45. The van der Waals surface area contributed by atoms with Crippen molar-refractivity contribution in [2.24, 2.45) is 5.73 Å². The van der Waals surface area contributed by atoms with Crippen LogP contribution in [0.25, 0.3) is 0 Å². The van der Waals surface area contributed by atoms with E-state index in [1.54, 1.807) is 4.90 Å². The summed E-state index contributed by atoms with van der Waals surface area (Å²) in [7, 11) is -3.42. The zero-order valence-corrected chi connectivity index (χ0v) is 16.4. The van der Waals surface area contributed by atoms with Gasteiger partial charge in [0.05, 0.1) is 13.2 Å². The van der Waals surface area contributed by atoms with Gasteiger partial charge in [-0.3, -0.25) is 4.79 Å². The number of halogens is 1. The lowest BCUT2D eigenvalue weighted by Gasteiger charge is -2.37. The van der Waals surface area contributed by atoms with Gasteiger partial charge in [-0.25, -0.2) is 0 Å². The van der Waals surface area contributed by atoms with E-state index in [1.807, 2.05) is 0 Å². The first kappa shape index (κ1) is 22.6. The lowest BCUT2D eigenvalue weighted by molar-refractivity contribution is -0.132. The van der Waals surface area contributed by atoms with Gasteiger partial charge in [0, 0.05) is 45.7 Å². The molecule has 2 aliphatic heterocycles. The molecule has 2 heterocycles. The predicted molar refractivity (Wildman–Crippen MR) is 98.9 cm³/mol. The predicted octanol–water partition coefficient (Wildman–Crippen LogP) is 0.0386. The highest BCUT2D eigenvalue weighted by atomic mass is 35.5. The van der Waals surface area contributed by atoms with Crippen molar-refractivity contribution in [1.82, 2.24) is 13.5 Å². The number of morpholine rings is 1. The molecule has 0 radical (unpaired) electrons. The average molecular weight is 399 g/mol. The van der Waals surface area contributed by atoms with Gasteiger partial charge in [0.25, 0.3) is 10.2 Å². The molecule has 8 nitrogen and oxygen atoms in total. The molecule has 25 heavy (non-hydrogen) atoms. The summed E-state index contributed by atoms with van der Waals surface area (Å²) >= 11 is 0. The number of rotatable bonds is 8. The van der Waals surface area contributed by atoms with E-state index >= 15 is 0 Å². The van der Waals surface area contributed by atoms with Crippen LogP contribution in [0.5, 0.6) is 0 Å². The van der Waals surface area contributed by atoms with Crippen molar-refractivity contribution in [2.45, 2.75) is 32.1 Å². The molecule has 2 fully saturated rings. The van der Waals surface area contributed by atoms with Crippen LogP contribution < -0.4 is 5.73 Å². The van der Waals surface area contributed by atoms with Crippen LogP contribution in [0.4, 0.5) is 0 Å². The number of ether oxygens (including phenoxy) is 1. The standard InChI is InChI=1S/C15H30N4O4S.ClH/c16-6-4-2-1-3-5-15(20)17-7-9-18(10-8-17)24(21,22)19-11-13-23-14-12-19;/h1-14,16H2;1H. The highest BCUT2D eigenvalue weighted by molar-refractivity contribution is 7.86. The fourth-order valence-corrected chi connectivity index (χ4v) is 4.60. The quantitative estimate of drug-likeness (QED) is 0.582. The number of hydrogen-bond acceptors (Lipinski definition) is 5. The molecule has 2 rings (SSSR count). The lowest BCUT2D eigenvalue weighted by Crippen LogP contribution is -2.55. The molecule has 0 bridgehead atoms. The van der Waals surface area contributed by atoms with Gasteiger partial charge < -0.3 is 15.4 Å². The van der Waals surface area contributed by atoms with Crippen molar-refractivity contribution in [2.75, 3.05) is 59.0 Å². The normalized spacial score (nSPS) is 20.3. The Labute approximate surface area is 157 Å². The largest absolute Gasteiger partial charge is 0.379 e. The van der Waals surface area contributed by atoms with Crippen LogP contribution in [0.2, 0.25) is 0 Å². The van der Waals surface area contributed by atoms with Crippen LogP contribution in [0, 0.1) is 0 Å². The smallest absolute Gasteiger partial charge is 0.282 e. The highest BCUT2D eigenvalue weighted by Gasteiger charge is 2.33. The molecule has 2 aliphatic rings. The van der Waals surface area contributed by atoms with Crippen LogP contribution >= 0.6 is 12.4 Å². The molecular weight excluding hydrogens is 368 g/mol. The van der Waals surface area contributed by atoms with Crippen molar-refractivity contribution in [3.63, 3.8) is 0 Å². The van der Waals surface area contributed by atoms with E-state index in [9.17, 15) is 13.2 Å². The van der Waals surface area contributed by atoms with E-state index in [-0.39, 0.29) is 18.3 Å². The number of hydrogen-bond donors (Lipinski definition) is 1. The van der Waals surface area contributed by atoms with Crippen molar-refractivity contribution >= 4 is 28.5 Å². The van der Waals surface area contributed by atoms with Gasteiger partial charge in [-0.15, -0.1) is 12.4 Å². The molecule has 0 aromatic rings. The van der Waals surface area contributed by atoms with E-state index in [0.29, 0.717) is 65.4 Å². The molecule has 2 saturated heterocycles. The van der Waals surface area contributed by atoms with E-state index in [0.717, 1.165) is 25.7 Å². The molecular formula is C15H31ClN4O4S. The second-order valence-corrected chi connectivity index (χ2v) is 8.18. The molecule has 0 saturated carbocycles. The van der Waals surface area contributed by atoms with Crippen molar-refractivity contribution < 1.29 is 17.9 Å². The monoisotopic (exact) mass is 398 g/mol. The van der Waals surface area contributed by atoms with Crippen LogP contribution in [0.1, 0.15) is 32.1 Å². The van der Waals surface area contributed by atoms with Crippen LogP contribution in [0.3, 0.4) is 0 Å². The van der Waals surface area contributed by atoms with E-state index < -0.39 is 10.2 Å². The zero-order valence-electron chi connectivity index (χ0n) is 14.8. The number of nitrogens with two attached hydrogens (primary N) is 1. The first-order valence-electron chi connectivity index (χ1n) is 8.86. The maximum absolute atomic E-state index is 12.6. The Morgan fingerprint density at radius 3 is 2.04 bits per heavy atom. The molecule has 1 amide bonds. The van der Waals surface area contributed by atoms with Gasteiger partial charge in [-0.2, -0.15) is 17.0 Å². The Kier molecular flexibility index (Phi) is 10.2. The van der Waals surface area contributed by atoms with E-state index in [2.05, 4.69) is 0 Å². The third-order valence-electron chi connectivity index (χ3n) is 4.56. The Morgan fingerprint density at radius 2 is 1.44 bits per heavy atom. The maximum Gasteiger partial charge on any atom is 0.282 e. The number of piperazine rings is 1. The maximum atomic E-state index is 12.6. The Balaban J connectivity index is 0.00000312. The Hall–Kier alpha value is -0.450. The van der Waals surface area contributed by atoms with Gasteiger partial charge in [0.1, 0.15) is 0 Å². The SMILES string of the molecule is Cl.NCCCCCCC(=O)N1CCN(S(=O)(=O)N2CCOCC2)CC1. The summed E-state index contributed by atoms with van der Waals surface area (Å²) in [6.07, 6.45) is 4.52. The summed E-state index contributed by atoms with van der Waals surface area (Å²) in [4.78, 5) is 14.0. The summed E-state index contributed by atoms with van der Waals surface area (Å²) < 4.78 is 33.3. The average Bonchev–Trinajstić information content (AvgIpc) is 2.62. The van der Waals surface area contributed by atoms with Crippen molar-refractivity contribution in [3.05, 3.63) is 0 Å². The summed E-state index contributed by atoms with van der Waals surface area (Å²) in [6, 6.07) is 0. The number of amides is 1. The van der Waals surface area contributed by atoms with Gasteiger partial charge in [0.15, 0.2) is 0 Å². The lowest BCUT2D eigenvalue weighted by atomic mass is 10.1. The minimum Gasteiger partial charge on any atom is -0.379 e. The van der Waals surface area contributed by atoms with E-state index in [1.165, 1.54) is 8.61 Å². The van der Waals surface area contributed by atoms with Gasteiger partial charge >= 0.3 is 0 Å². The molecule has 0 aromatic heterocycles. The number of carbonyl (C=O) groups is 1. The van der Waals surface area contributed by atoms with Gasteiger partial charge in [0.2, 0.25) is 5.91 Å². The molecule has 0 aliphatic carbocycles. The third kappa shape index (κ3) is 6.65. The molecule has 148 valence electrons. The molecule has 0 spiro atoms. The van der Waals surface area contributed by atoms with Crippen LogP contribution in [-0.2, 0) is 19.7 Å². The Morgan fingerprint density at radius 1 is 0.880 bits per heavy atom. The summed E-state index contributed by atoms with van der Waals surface area (Å²) in [5.74, 6) is 0.131. The van der Waals surface area contributed by atoms with Crippen LogP contribution in [-0.4, -0.2) is 86.9 Å². The highest BCUT2D eigenvalue weighted by Crippen LogP contribution is 2.15. The molecule has 2 N–H and O–H groups in total. The number of carbonyl (C=O) groups excluding carboxylic acids is 1. The zero-order chi connectivity index (χ0) is 17.4. The fraction of sp³-hybridized carbons (Fsp3) is 0.933. The minimum absolute atomic E-state index is 0. The third-order valence-corrected chi connectivity index (χ3v) is 6.59. The second kappa shape index (κ2) is 11.3. The van der Waals surface area contributed by atoms with Gasteiger partial charge in [-0.05, 0) is 19.4 Å². The number of nitrogens with zero attached hydrogens (tertiary/aromatic N) is 3. The van der Waals surface area contributed by atoms with Crippen LogP contribution in [0.15, 0.2) is 0 Å². The molecule has 0 atom stereocenters. The second-order valence-electron chi connectivity index (χ2n) is 6.25. The topological polar surface area (TPSA) is 96.2 Å². The summed E-state index contributed by atoms with van der Waals surface area (Å²) in [5, 5.41) is 0. The van der Waals surface area contributed by atoms with Crippen molar-refractivity contribution in [1.29, 1.82) is 0 Å². The first-order chi connectivity index (χ1) is 11.6.